The zero-order valence-electron chi connectivity index (χ0n) is 12.2. The van der Waals surface area contributed by atoms with Crippen LogP contribution in [0.25, 0.3) is 0 Å². The summed E-state index contributed by atoms with van der Waals surface area (Å²) in [5, 5.41) is 15.5. The Morgan fingerprint density at radius 3 is 2.76 bits per heavy atom. The second kappa shape index (κ2) is 7.28. The van der Waals surface area contributed by atoms with Crippen LogP contribution in [0.3, 0.4) is 0 Å². The first-order valence-electron chi connectivity index (χ1n) is 7.06. The summed E-state index contributed by atoms with van der Waals surface area (Å²) < 4.78 is 10.2. The summed E-state index contributed by atoms with van der Waals surface area (Å²) in [6, 6.07) is 7.45. The monoisotopic (exact) mass is 294 g/mol. The fourth-order valence-electron chi connectivity index (χ4n) is 2.16. The molecule has 2 amide bonds. The second-order valence-electron chi connectivity index (χ2n) is 5.23. The molecular weight excluding hydrogens is 272 g/mol. The van der Waals surface area contributed by atoms with Crippen LogP contribution >= 0.6 is 0 Å². The van der Waals surface area contributed by atoms with Gasteiger partial charge in [-0.15, -0.1) is 0 Å². The Morgan fingerprint density at radius 2 is 2.14 bits per heavy atom. The van der Waals surface area contributed by atoms with Gasteiger partial charge < -0.3 is 25.2 Å². The minimum Gasteiger partial charge on any atom is -0.497 e. The molecule has 1 saturated heterocycles. The van der Waals surface area contributed by atoms with E-state index in [0.717, 1.165) is 17.7 Å². The molecule has 0 spiro atoms. The number of hydrogen-bond acceptors (Lipinski definition) is 4. The fourth-order valence-corrected chi connectivity index (χ4v) is 2.16. The molecule has 1 aromatic rings. The van der Waals surface area contributed by atoms with E-state index >= 15 is 0 Å². The SMILES string of the molecule is COc1ccc(CCNC(=O)NC[C@@]2(O)CCOC2)cc1. The molecule has 1 aliphatic rings. The summed E-state index contributed by atoms with van der Waals surface area (Å²) in [5.74, 6) is 0.816. The van der Waals surface area contributed by atoms with Gasteiger partial charge in [0.15, 0.2) is 0 Å². The van der Waals surface area contributed by atoms with Gasteiger partial charge in [-0.1, -0.05) is 12.1 Å². The Labute approximate surface area is 124 Å². The summed E-state index contributed by atoms with van der Waals surface area (Å²) in [5.41, 5.74) is 0.201. The molecule has 0 radical (unpaired) electrons. The van der Waals surface area contributed by atoms with Crippen LogP contribution in [0.5, 0.6) is 5.75 Å². The molecule has 0 aromatic heterocycles. The number of rotatable bonds is 6. The van der Waals surface area contributed by atoms with Gasteiger partial charge in [0.05, 0.1) is 20.3 Å². The van der Waals surface area contributed by atoms with Crippen molar-refractivity contribution in [3.63, 3.8) is 0 Å². The van der Waals surface area contributed by atoms with Gasteiger partial charge in [-0.2, -0.15) is 0 Å². The highest BCUT2D eigenvalue weighted by Crippen LogP contribution is 2.16. The molecule has 0 aliphatic carbocycles. The summed E-state index contributed by atoms with van der Waals surface area (Å²) in [6.07, 6.45) is 1.30. The number of carbonyl (C=O) groups excluding carboxylic acids is 1. The maximum absolute atomic E-state index is 11.6. The Morgan fingerprint density at radius 1 is 1.38 bits per heavy atom. The number of methoxy groups -OCH3 is 1. The van der Waals surface area contributed by atoms with E-state index in [1.54, 1.807) is 7.11 Å². The third-order valence-corrected chi connectivity index (χ3v) is 3.52. The van der Waals surface area contributed by atoms with Crippen molar-refractivity contribution >= 4 is 6.03 Å². The van der Waals surface area contributed by atoms with Crippen molar-refractivity contribution in [1.29, 1.82) is 0 Å². The van der Waals surface area contributed by atoms with Gasteiger partial charge in [-0.05, 0) is 24.1 Å². The Hall–Kier alpha value is -1.79. The zero-order valence-corrected chi connectivity index (χ0v) is 12.2. The molecule has 6 heteroatoms. The maximum atomic E-state index is 11.6. The standard InChI is InChI=1S/C15H22N2O4/c1-20-13-4-2-12(3-5-13)6-8-16-14(18)17-10-15(19)7-9-21-11-15/h2-5,19H,6-11H2,1H3,(H2,16,17,18)/t15-/m0/s1. The Kier molecular flexibility index (Phi) is 5.41. The third kappa shape index (κ3) is 4.91. The highest BCUT2D eigenvalue weighted by atomic mass is 16.5. The summed E-state index contributed by atoms with van der Waals surface area (Å²) >= 11 is 0. The van der Waals surface area contributed by atoms with E-state index < -0.39 is 5.60 Å². The lowest BCUT2D eigenvalue weighted by Gasteiger charge is -2.20. The Balaban J connectivity index is 1.64. The normalized spacial score (nSPS) is 21.0. The molecule has 1 heterocycles. The zero-order chi connectivity index (χ0) is 15.1. The summed E-state index contributed by atoms with van der Waals surface area (Å²) in [7, 11) is 1.63. The van der Waals surface area contributed by atoms with Gasteiger partial charge in [-0.3, -0.25) is 0 Å². The van der Waals surface area contributed by atoms with E-state index in [1.807, 2.05) is 24.3 Å². The van der Waals surface area contributed by atoms with Crippen LogP contribution in [-0.4, -0.2) is 50.2 Å². The van der Waals surface area contributed by atoms with Gasteiger partial charge in [0, 0.05) is 19.6 Å². The average molecular weight is 294 g/mol. The van der Waals surface area contributed by atoms with Crippen LogP contribution in [0.15, 0.2) is 24.3 Å². The molecule has 1 aliphatic heterocycles. The number of amides is 2. The minimum absolute atomic E-state index is 0.210. The van der Waals surface area contributed by atoms with Crippen LogP contribution < -0.4 is 15.4 Å². The molecular formula is C15H22N2O4. The molecule has 6 nitrogen and oxygen atoms in total. The van der Waals surface area contributed by atoms with Crippen molar-refractivity contribution in [2.24, 2.45) is 0 Å². The van der Waals surface area contributed by atoms with Crippen molar-refractivity contribution in [3.05, 3.63) is 29.8 Å². The van der Waals surface area contributed by atoms with Crippen molar-refractivity contribution in [2.75, 3.05) is 33.4 Å². The van der Waals surface area contributed by atoms with Crippen LogP contribution in [-0.2, 0) is 11.2 Å². The molecule has 3 N–H and O–H groups in total. The number of benzene rings is 1. The van der Waals surface area contributed by atoms with E-state index in [1.165, 1.54) is 0 Å². The van der Waals surface area contributed by atoms with Gasteiger partial charge >= 0.3 is 6.03 Å². The van der Waals surface area contributed by atoms with Crippen LogP contribution in [0.4, 0.5) is 4.79 Å². The third-order valence-electron chi connectivity index (χ3n) is 3.52. The van der Waals surface area contributed by atoms with Crippen molar-refractivity contribution in [2.45, 2.75) is 18.4 Å². The topological polar surface area (TPSA) is 79.8 Å². The van der Waals surface area contributed by atoms with Gasteiger partial charge in [0.1, 0.15) is 11.4 Å². The van der Waals surface area contributed by atoms with E-state index in [0.29, 0.717) is 19.6 Å². The number of aliphatic hydroxyl groups is 1. The molecule has 21 heavy (non-hydrogen) atoms. The average Bonchev–Trinajstić information content (AvgIpc) is 2.93. The lowest BCUT2D eigenvalue weighted by atomic mass is 10.0. The van der Waals surface area contributed by atoms with E-state index in [4.69, 9.17) is 9.47 Å². The van der Waals surface area contributed by atoms with Gasteiger partial charge in [0.25, 0.3) is 0 Å². The van der Waals surface area contributed by atoms with E-state index in [-0.39, 0.29) is 19.2 Å². The van der Waals surface area contributed by atoms with E-state index in [2.05, 4.69) is 10.6 Å². The highest BCUT2D eigenvalue weighted by Gasteiger charge is 2.32. The van der Waals surface area contributed by atoms with Gasteiger partial charge in [0.2, 0.25) is 0 Å². The number of urea groups is 1. The van der Waals surface area contributed by atoms with Crippen LogP contribution in [0, 0.1) is 0 Å². The maximum Gasteiger partial charge on any atom is 0.314 e. The molecule has 0 unspecified atom stereocenters. The highest BCUT2D eigenvalue weighted by molar-refractivity contribution is 5.73. The predicted octanol–water partition coefficient (Wildman–Crippen LogP) is 0.688. The first-order valence-corrected chi connectivity index (χ1v) is 7.06. The number of ether oxygens (including phenoxy) is 2. The van der Waals surface area contributed by atoms with Crippen molar-refractivity contribution in [1.82, 2.24) is 10.6 Å². The first-order chi connectivity index (χ1) is 10.1. The lowest BCUT2D eigenvalue weighted by Crippen LogP contribution is -2.47. The molecule has 0 bridgehead atoms. The predicted molar refractivity (Wildman–Crippen MR) is 78.5 cm³/mol. The molecule has 0 saturated carbocycles. The summed E-state index contributed by atoms with van der Waals surface area (Å²) in [4.78, 5) is 11.6. The minimum atomic E-state index is -0.923. The lowest BCUT2D eigenvalue weighted by molar-refractivity contribution is 0.0292. The van der Waals surface area contributed by atoms with Crippen LogP contribution in [0.2, 0.25) is 0 Å². The second-order valence-corrected chi connectivity index (χ2v) is 5.23. The molecule has 1 aromatic carbocycles. The number of nitrogens with one attached hydrogen (secondary N) is 2. The number of carbonyl (C=O) groups is 1. The van der Waals surface area contributed by atoms with Crippen LogP contribution in [0.1, 0.15) is 12.0 Å². The number of hydrogen-bond donors (Lipinski definition) is 3. The van der Waals surface area contributed by atoms with E-state index in [9.17, 15) is 9.90 Å². The van der Waals surface area contributed by atoms with Crippen molar-refractivity contribution in [3.8, 4) is 5.75 Å². The molecule has 2 rings (SSSR count). The fraction of sp³-hybridized carbons (Fsp3) is 0.533. The first kappa shape index (κ1) is 15.6. The Bertz CT molecular complexity index is 455. The smallest absolute Gasteiger partial charge is 0.314 e. The summed E-state index contributed by atoms with van der Waals surface area (Å²) in [6.45, 7) is 1.56. The quantitative estimate of drug-likeness (QED) is 0.721. The van der Waals surface area contributed by atoms with Crippen molar-refractivity contribution < 1.29 is 19.4 Å². The molecule has 1 atom stereocenters. The largest absolute Gasteiger partial charge is 0.497 e. The molecule has 1 fully saturated rings. The van der Waals surface area contributed by atoms with Gasteiger partial charge in [-0.25, -0.2) is 4.79 Å². The molecule has 116 valence electrons.